The summed E-state index contributed by atoms with van der Waals surface area (Å²) in [6, 6.07) is 0. The van der Waals surface area contributed by atoms with Gasteiger partial charge in [0, 0.05) is 13.8 Å². The van der Waals surface area contributed by atoms with E-state index in [4.69, 9.17) is 0 Å². The Labute approximate surface area is 76.0 Å². The Kier molecular flexibility index (Phi) is 6.44. The van der Waals surface area contributed by atoms with Crippen molar-refractivity contribution >= 4 is 6.72 Å². The molecule has 0 aromatic carbocycles. The van der Waals surface area contributed by atoms with Gasteiger partial charge in [-0.3, -0.25) is 5.01 Å². The molecule has 0 unspecified atom stereocenters. The second-order valence-electron chi connectivity index (χ2n) is 3.15. The summed E-state index contributed by atoms with van der Waals surface area (Å²) in [6.45, 7) is 8.70. The van der Waals surface area contributed by atoms with E-state index >= 15 is 0 Å². The third-order valence-corrected chi connectivity index (χ3v) is 1.77. The van der Waals surface area contributed by atoms with Crippen LogP contribution in [0.1, 0.15) is 33.1 Å². The van der Waals surface area contributed by atoms with Crippen molar-refractivity contribution in [3.05, 3.63) is 11.6 Å². The van der Waals surface area contributed by atoms with Crippen LogP contribution in [0, 0.1) is 0 Å². The highest BCUT2D eigenvalue weighted by Crippen LogP contribution is 2.02. The highest BCUT2D eigenvalue weighted by atomic mass is 15.4. The number of hydrogen-bond acceptors (Lipinski definition) is 2. The molecule has 0 rings (SSSR count). The van der Waals surface area contributed by atoms with Gasteiger partial charge in [0.1, 0.15) is 0 Å². The van der Waals surface area contributed by atoms with Gasteiger partial charge in [-0.25, -0.2) is 0 Å². The Bertz CT molecular complexity index is 150. The lowest BCUT2D eigenvalue weighted by Crippen LogP contribution is -2.12. The van der Waals surface area contributed by atoms with Crippen molar-refractivity contribution in [3.8, 4) is 0 Å². The minimum absolute atomic E-state index is 0.896. The summed E-state index contributed by atoms with van der Waals surface area (Å²) in [5, 5.41) is 5.64. The SMILES string of the molecule is C=NN(C)CC(C)=CCCCC. The first-order valence-electron chi connectivity index (χ1n) is 4.54. The average Bonchev–Trinajstić information content (AvgIpc) is 2.05. The zero-order valence-electron chi connectivity index (χ0n) is 8.51. The van der Waals surface area contributed by atoms with Crippen LogP contribution >= 0.6 is 0 Å². The molecular formula is C10H20N2. The fraction of sp³-hybridized carbons (Fsp3) is 0.700. The van der Waals surface area contributed by atoms with Crippen molar-refractivity contribution in [1.29, 1.82) is 0 Å². The van der Waals surface area contributed by atoms with Crippen LogP contribution in [0.3, 0.4) is 0 Å². The molecule has 0 aromatic heterocycles. The molecule has 70 valence electrons. The van der Waals surface area contributed by atoms with Crippen molar-refractivity contribution in [1.82, 2.24) is 5.01 Å². The quantitative estimate of drug-likeness (QED) is 0.258. The minimum Gasteiger partial charge on any atom is -0.297 e. The van der Waals surface area contributed by atoms with E-state index in [1.807, 2.05) is 12.1 Å². The molecule has 12 heavy (non-hydrogen) atoms. The molecule has 0 aromatic rings. The van der Waals surface area contributed by atoms with Crippen molar-refractivity contribution < 1.29 is 0 Å². The Morgan fingerprint density at radius 3 is 2.75 bits per heavy atom. The Hall–Kier alpha value is -0.790. The first kappa shape index (κ1) is 11.2. The van der Waals surface area contributed by atoms with E-state index in [1.54, 1.807) is 0 Å². The van der Waals surface area contributed by atoms with Gasteiger partial charge in [-0.15, -0.1) is 0 Å². The predicted molar refractivity (Wildman–Crippen MR) is 55.5 cm³/mol. The van der Waals surface area contributed by atoms with Crippen molar-refractivity contribution in [2.45, 2.75) is 33.1 Å². The summed E-state index contributed by atoms with van der Waals surface area (Å²) in [5.74, 6) is 0. The summed E-state index contributed by atoms with van der Waals surface area (Å²) in [7, 11) is 1.93. The molecule has 0 radical (unpaired) electrons. The number of hydrazone groups is 1. The van der Waals surface area contributed by atoms with Crippen LogP contribution < -0.4 is 0 Å². The van der Waals surface area contributed by atoms with Crippen LogP contribution in [0.2, 0.25) is 0 Å². The molecule has 0 saturated heterocycles. The zero-order valence-corrected chi connectivity index (χ0v) is 8.51. The van der Waals surface area contributed by atoms with Crippen molar-refractivity contribution in [3.63, 3.8) is 0 Å². The average molecular weight is 168 g/mol. The molecule has 2 heteroatoms. The van der Waals surface area contributed by atoms with Gasteiger partial charge in [0.05, 0.1) is 6.54 Å². The molecule has 0 bridgehead atoms. The van der Waals surface area contributed by atoms with Crippen LogP contribution in [0.15, 0.2) is 16.8 Å². The lowest BCUT2D eigenvalue weighted by molar-refractivity contribution is 0.389. The van der Waals surface area contributed by atoms with Gasteiger partial charge in [-0.05, 0) is 13.3 Å². The topological polar surface area (TPSA) is 15.6 Å². The van der Waals surface area contributed by atoms with Crippen LogP contribution in [0.4, 0.5) is 0 Å². The van der Waals surface area contributed by atoms with E-state index in [-0.39, 0.29) is 0 Å². The predicted octanol–water partition coefficient (Wildman–Crippen LogP) is 2.67. The molecule has 0 N–H and O–H groups in total. The third kappa shape index (κ3) is 5.96. The number of allylic oxidation sites excluding steroid dienone is 1. The van der Waals surface area contributed by atoms with E-state index in [9.17, 15) is 0 Å². The van der Waals surface area contributed by atoms with Crippen LogP contribution in [0.5, 0.6) is 0 Å². The van der Waals surface area contributed by atoms with E-state index < -0.39 is 0 Å². The van der Waals surface area contributed by atoms with Crippen molar-refractivity contribution in [2.24, 2.45) is 5.10 Å². The second-order valence-corrected chi connectivity index (χ2v) is 3.15. The normalized spacial score (nSPS) is 11.4. The summed E-state index contributed by atoms with van der Waals surface area (Å²) in [5.41, 5.74) is 1.37. The highest BCUT2D eigenvalue weighted by Gasteiger charge is 1.92. The maximum atomic E-state index is 3.80. The Balaban J connectivity index is 3.61. The molecule has 0 aliphatic heterocycles. The van der Waals surface area contributed by atoms with E-state index in [2.05, 4.69) is 31.7 Å². The highest BCUT2D eigenvalue weighted by molar-refractivity contribution is 5.22. The van der Waals surface area contributed by atoms with Crippen LogP contribution in [0.25, 0.3) is 0 Å². The molecule has 0 fully saturated rings. The number of nitrogens with zero attached hydrogens (tertiary/aromatic N) is 2. The number of hydrogen-bond donors (Lipinski definition) is 0. The smallest absolute Gasteiger partial charge is 0.0564 e. The summed E-state index contributed by atoms with van der Waals surface area (Å²) in [4.78, 5) is 0. The maximum absolute atomic E-state index is 3.80. The second kappa shape index (κ2) is 6.89. The summed E-state index contributed by atoms with van der Waals surface area (Å²) < 4.78 is 0. The van der Waals surface area contributed by atoms with E-state index in [0.29, 0.717) is 0 Å². The molecular weight excluding hydrogens is 148 g/mol. The molecule has 2 nitrogen and oxygen atoms in total. The largest absolute Gasteiger partial charge is 0.297 e. The fourth-order valence-corrected chi connectivity index (χ4v) is 1.03. The summed E-state index contributed by atoms with van der Waals surface area (Å²) in [6.07, 6.45) is 6.01. The molecule has 0 aliphatic rings. The first-order valence-corrected chi connectivity index (χ1v) is 4.54. The maximum Gasteiger partial charge on any atom is 0.0564 e. The van der Waals surface area contributed by atoms with Gasteiger partial charge in [-0.1, -0.05) is 31.4 Å². The van der Waals surface area contributed by atoms with E-state index in [1.165, 1.54) is 24.8 Å². The van der Waals surface area contributed by atoms with Gasteiger partial charge >= 0.3 is 0 Å². The van der Waals surface area contributed by atoms with Gasteiger partial charge in [0.15, 0.2) is 0 Å². The molecule has 0 saturated carbocycles. The van der Waals surface area contributed by atoms with Gasteiger partial charge in [0.25, 0.3) is 0 Å². The van der Waals surface area contributed by atoms with Gasteiger partial charge in [0.2, 0.25) is 0 Å². The fourth-order valence-electron chi connectivity index (χ4n) is 1.03. The molecule has 0 aliphatic carbocycles. The number of likely N-dealkylation sites (N-methyl/N-ethyl adjacent to an activating group) is 1. The number of unbranched alkanes of at least 4 members (excludes halogenated alkanes) is 2. The molecule has 0 atom stereocenters. The Morgan fingerprint density at radius 2 is 2.25 bits per heavy atom. The van der Waals surface area contributed by atoms with Crippen LogP contribution in [-0.4, -0.2) is 25.3 Å². The van der Waals surface area contributed by atoms with Gasteiger partial charge in [-0.2, -0.15) is 5.10 Å². The molecule has 0 heterocycles. The zero-order chi connectivity index (χ0) is 9.40. The molecule has 0 spiro atoms. The van der Waals surface area contributed by atoms with E-state index in [0.717, 1.165) is 6.54 Å². The third-order valence-electron chi connectivity index (χ3n) is 1.77. The van der Waals surface area contributed by atoms with Gasteiger partial charge < -0.3 is 0 Å². The lowest BCUT2D eigenvalue weighted by atomic mass is 10.2. The Morgan fingerprint density at radius 1 is 1.58 bits per heavy atom. The summed E-state index contributed by atoms with van der Waals surface area (Å²) >= 11 is 0. The van der Waals surface area contributed by atoms with Crippen LogP contribution in [-0.2, 0) is 0 Å². The van der Waals surface area contributed by atoms with Crippen molar-refractivity contribution in [2.75, 3.05) is 13.6 Å². The number of rotatable bonds is 6. The monoisotopic (exact) mass is 168 g/mol. The minimum atomic E-state index is 0.896. The standard InChI is InChI=1S/C10H20N2/c1-5-6-7-8-10(2)9-12(4)11-3/h8H,3,5-7,9H2,1-2,4H3. The molecule has 0 amide bonds. The lowest BCUT2D eigenvalue weighted by Gasteiger charge is -2.11. The first-order chi connectivity index (χ1) is 5.70.